The predicted molar refractivity (Wildman–Crippen MR) is 199 cm³/mol. The molecule has 1 aromatic rings. The molecule has 56 heavy (non-hydrogen) atoms. The van der Waals surface area contributed by atoms with E-state index in [1.54, 1.807) is 32.9 Å². The van der Waals surface area contributed by atoms with E-state index in [4.69, 9.17) is 9.47 Å². The summed E-state index contributed by atoms with van der Waals surface area (Å²) < 4.78 is 67.9. The number of carbonyl (C=O) groups is 5. The summed E-state index contributed by atoms with van der Waals surface area (Å²) in [6, 6.07) is 2.55. The Hall–Kier alpha value is -4.80. The van der Waals surface area contributed by atoms with E-state index in [0.29, 0.717) is 25.7 Å². The zero-order valence-corrected chi connectivity index (χ0v) is 32.5. The Bertz CT molecular complexity index is 1930. The number of sulfonamides is 1. The number of amides is 5. The van der Waals surface area contributed by atoms with Crippen molar-refractivity contribution in [2.75, 3.05) is 19.6 Å². The van der Waals surface area contributed by atoms with E-state index in [1.165, 1.54) is 28.0 Å². The Balaban J connectivity index is 1.24. The molecule has 5 amide bonds. The fourth-order valence-electron chi connectivity index (χ4n) is 7.83. The smallest absolute Gasteiger partial charge is 0.410 e. The average molecular weight is 802 g/mol. The van der Waals surface area contributed by atoms with E-state index in [-0.39, 0.29) is 56.2 Å². The molecule has 1 aromatic carbocycles. The summed E-state index contributed by atoms with van der Waals surface area (Å²) in [6.45, 7) is 5.12. The molecule has 0 radical (unpaired) electrons. The van der Waals surface area contributed by atoms with Crippen molar-refractivity contribution in [3.63, 3.8) is 0 Å². The fourth-order valence-corrected chi connectivity index (χ4v) is 8.98. The highest BCUT2D eigenvalue weighted by Crippen LogP contribution is 2.46. The Morgan fingerprint density at radius 3 is 2.57 bits per heavy atom. The number of hydrogen-bond acceptors (Lipinski definition) is 9. The number of ether oxygens (including phenoxy) is 2. The Kier molecular flexibility index (Phi) is 11.9. The van der Waals surface area contributed by atoms with E-state index in [2.05, 4.69) is 15.4 Å². The number of alkyl carbamates (subject to hydrolysis) is 1. The first-order valence-corrected chi connectivity index (χ1v) is 20.7. The Labute approximate surface area is 325 Å². The van der Waals surface area contributed by atoms with Crippen LogP contribution in [0, 0.1) is 23.6 Å². The monoisotopic (exact) mass is 801 g/mol. The van der Waals surface area contributed by atoms with E-state index in [1.807, 2.05) is 12.2 Å². The minimum Gasteiger partial charge on any atom is -0.444 e. The maximum Gasteiger partial charge on any atom is 0.410 e. The van der Waals surface area contributed by atoms with Crippen LogP contribution in [-0.4, -0.2) is 97.1 Å². The summed E-state index contributed by atoms with van der Waals surface area (Å²) in [4.78, 5) is 71.5. The van der Waals surface area contributed by atoms with Crippen LogP contribution in [0.2, 0.25) is 0 Å². The third kappa shape index (κ3) is 9.76. The van der Waals surface area contributed by atoms with Crippen LogP contribution in [-0.2, 0) is 39.6 Å². The number of allylic oxidation sites excluding steroid dienone is 3. The van der Waals surface area contributed by atoms with Crippen LogP contribution in [0.3, 0.4) is 0 Å². The van der Waals surface area contributed by atoms with Crippen molar-refractivity contribution in [1.29, 1.82) is 0 Å². The minimum atomic E-state index is -4.35. The molecule has 1 saturated carbocycles. The number of benzene rings is 1. The molecular formula is C39H49F2N5O9S. The zero-order chi connectivity index (χ0) is 40.4. The summed E-state index contributed by atoms with van der Waals surface area (Å²) in [6.07, 6.45) is 8.50. The van der Waals surface area contributed by atoms with Gasteiger partial charge in [-0.05, 0) is 70.2 Å². The summed E-state index contributed by atoms with van der Waals surface area (Å²) in [5.74, 6) is -5.38. The van der Waals surface area contributed by atoms with Crippen molar-refractivity contribution < 1.29 is 50.6 Å². The molecular weight excluding hydrogens is 753 g/mol. The molecule has 2 aliphatic carbocycles. The molecule has 2 unspecified atom stereocenters. The van der Waals surface area contributed by atoms with Gasteiger partial charge in [-0.1, -0.05) is 49.3 Å². The number of hydrogen-bond donors (Lipinski definition) is 3. The molecule has 5 aliphatic rings. The number of likely N-dealkylation sites (tertiary alicyclic amines) is 1. The lowest BCUT2D eigenvalue weighted by atomic mass is 9.91. The quantitative estimate of drug-likeness (QED) is 0.357. The minimum absolute atomic E-state index is 0.0647. The molecule has 3 N–H and O–H groups in total. The molecule has 14 nitrogen and oxygen atoms in total. The SMILES string of the molecule is CC(C)(C)OC(=O)N[C@H]1CCCCC/C=C\[C@@H]2C[C@@]2(C(=O)NS(=O)(=O)Cc2cccc(F)c2)NC(=O)[C@@H]2C[C@@H](OC(=O)N3CC4C=CC=C(F)C4C3)CN2C1=O. The lowest BCUT2D eigenvalue weighted by Crippen LogP contribution is -2.58. The van der Waals surface area contributed by atoms with Gasteiger partial charge in [-0.3, -0.25) is 19.1 Å². The first kappa shape index (κ1) is 40.9. The van der Waals surface area contributed by atoms with Gasteiger partial charge in [0.1, 0.15) is 41.0 Å². The fraction of sp³-hybridized carbons (Fsp3) is 0.564. The third-order valence-electron chi connectivity index (χ3n) is 10.7. The molecule has 7 atom stereocenters. The van der Waals surface area contributed by atoms with Crippen molar-refractivity contribution >= 4 is 39.9 Å². The van der Waals surface area contributed by atoms with Gasteiger partial charge >= 0.3 is 12.2 Å². The molecule has 2 saturated heterocycles. The first-order chi connectivity index (χ1) is 26.4. The van der Waals surface area contributed by atoms with E-state index >= 15 is 0 Å². The molecule has 0 aromatic heterocycles. The van der Waals surface area contributed by atoms with Gasteiger partial charge in [0.2, 0.25) is 21.8 Å². The lowest BCUT2D eigenvalue weighted by molar-refractivity contribution is -0.141. The van der Waals surface area contributed by atoms with Crippen LogP contribution in [0.15, 0.2) is 60.5 Å². The first-order valence-electron chi connectivity index (χ1n) is 19.0. The highest BCUT2D eigenvalue weighted by Gasteiger charge is 2.61. The second-order valence-electron chi connectivity index (χ2n) is 16.2. The topological polar surface area (TPSA) is 181 Å². The standard InChI is InChI=1S/C39H49F2N5O9S/c1-38(2,3)55-36(50)42-31-16-8-6-4-5-7-13-26-19-39(26,35(49)44-56(52,53)23-24-11-9-14-27(40)17-24)43-33(47)32-18-28(21-46(32)34(31)48)54-37(51)45-20-25-12-10-15-30(41)29(25)22-45/h7,9-15,17,25-26,28-29,31-32H,4-6,8,16,18-23H2,1-3H3,(H,42,50)(H,43,47)(H,44,49)/b13-7-/t25?,26-,28-,29?,31+,32+,39-/m1/s1. The maximum absolute atomic E-state index is 14.5. The average Bonchev–Trinajstić information content (AvgIpc) is 3.40. The molecule has 304 valence electrons. The van der Waals surface area contributed by atoms with Crippen LogP contribution in [0.5, 0.6) is 0 Å². The van der Waals surface area contributed by atoms with E-state index in [0.717, 1.165) is 12.1 Å². The Morgan fingerprint density at radius 2 is 1.84 bits per heavy atom. The van der Waals surface area contributed by atoms with Crippen molar-refractivity contribution in [2.45, 2.75) is 101 Å². The molecule has 0 bridgehead atoms. The van der Waals surface area contributed by atoms with E-state index in [9.17, 15) is 41.2 Å². The van der Waals surface area contributed by atoms with Crippen LogP contribution >= 0.6 is 0 Å². The van der Waals surface area contributed by atoms with Crippen LogP contribution in [0.4, 0.5) is 18.4 Å². The molecule has 17 heteroatoms. The van der Waals surface area contributed by atoms with Gasteiger partial charge in [-0.2, -0.15) is 0 Å². The highest BCUT2D eigenvalue weighted by atomic mass is 32.2. The summed E-state index contributed by atoms with van der Waals surface area (Å²) in [5, 5.41) is 5.39. The van der Waals surface area contributed by atoms with Gasteiger partial charge in [0.05, 0.1) is 12.3 Å². The van der Waals surface area contributed by atoms with Crippen LogP contribution in [0.1, 0.15) is 71.3 Å². The summed E-state index contributed by atoms with van der Waals surface area (Å²) >= 11 is 0. The number of fused-ring (bicyclic) bond motifs is 3. The van der Waals surface area contributed by atoms with Crippen LogP contribution < -0.4 is 15.4 Å². The normalized spacial score (nSPS) is 30.0. The Morgan fingerprint density at radius 1 is 1.05 bits per heavy atom. The molecule has 6 rings (SSSR count). The third-order valence-corrected chi connectivity index (χ3v) is 11.9. The van der Waals surface area contributed by atoms with Crippen molar-refractivity contribution in [3.05, 3.63) is 71.9 Å². The van der Waals surface area contributed by atoms with Gasteiger partial charge in [0.15, 0.2) is 0 Å². The van der Waals surface area contributed by atoms with Gasteiger partial charge in [-0.15, -0.1) is 0 Å². The number of nitrogens with zero attached hydrogens (tertiary/aromatic N) is 2. The van der Waals surface area contributed by atoms with Crippen molar-refractivity contribution in [2.24, 2.45) is 17.8 Å². The van der Waals surface area contributed by atoms with E-state index < -0.39 is 92.7 Å². The maximum atomic E-state index is 14.5. The van der Waals surface area contributed by atoms with Gasteiger partial charge in [0, 0.05) is 37.3 Å². The predicted octanol–water partition coefficient (Wildman–Crippen LogP) is 4.14. The summed E-state index contributed by atoms with van der Waals surface area (Å²) in [5.41, 5.74) is -2.45. The second-order valence-corrected chi connectivity index (χ2v) is 17.9. The van der Waals surface area contributed by atoms with Gasteiger partial charge in [0.25, 0.3) is 5.91 Å². The largest absolute Gasteiger partial charge is 0.444 e. The van der Waals surface area contributed by atoms with Crippen LogP contribution in [0.25, 0.3) is 0 Å². The number of halogens is 2. The van der Waals surface area contributed by atoms with Gasteiger partial charge < -0.3 is 29.9 Å². The van der Waals surface area contributed by atoms with Crippen molar-refractivity contribution in [1.82, 2.24) is 25.2 Å². The zero-order valence-electron chi connectivity index (χ0n) is 31.7. The van der Waals surface area contributed by atoms with Gasteiger partial charge in [-0.25, -0.2) is 26.8 Å². The molecule has 3 fully saturated rings. The molecule has 3 heterocycles. The second kappa shape index (κ2) is 16.4. The number of carbonyl (C=O) groups excluding carboxylic acids is 5. The lowest BCUT2D eigenvalue weighted by Gasteiger charge is -2.30. The number of nitrogens with one attached hydrogen (secondary N) is 3. The van der Waals surface area contributed by atoms with Crippen molar-refractivity contribution in [3.8, 4) is 0 Å². The molecule has 3 aliphatic heterocycles. The molecule has 0 spiro atoms. The summed E-state index contributed by atoms with van der Waals surface area (Å²) in [7, 11) is -4.35. The highest BCUT2D eigenvalue weighted by molar-refractivity contribution is 7.89. The number of rotatable bonds is 6.